The van der Waals surface area contributed by atoms with Crippen LogP contribution in [0.3, 0.4) is 0 Å². The van der Waals surface area contributed by atoms with Gasteiger partial charge in [-0.05, 0) is 75.2 Å². The van der Waals surface area contributed by atoms with Crippen molar-refractivity contribution in [2.45, 2.75) is 78.1 Å². The summed E-state index contributed by atoms with van der Waals surface area (Å²) < 4.78 is 11.5. The lowest BCUT2D eigenvalue weighted by Gasteiger charge is -2.07. The summed E-state index contributed by atoms with van der Waals surface area (Å²) in [5, 5.41) is 0. The Morgan fingerprint density at radius 1 is 0.500 bits per heavy atom. The zero-order valence-electron chi connectivity index (χ0n) is 19.7. The van der Waals surface area contributed by atoms with Gasteiger partial charge in [-0.25, -0.2) is 0 Å². The predicted molar refractivity (Wildman–Crippen MR) is 130 cm³/mol. The van der Waals surface area contributed by atoms with E-state index in [4.69, 9.17) is 9.47 Å². The molecule has 32 heavy (non-hydrogen) atoms. The summed E-state index contributed by atoms with van der Waals surface area (Å²) in [6.07, 6.45) is 12.3. The van der Waals surface area contributed by atoms with Crippen LogP contribution in [0.4, 0.5) is 0 Å². The molecule has 0 saturated carbocycles. The van der Waals surface area contributed by atoms with E-state index in [2.05, 4.69) is 0 Å². The lowest BCUT2D eigenvalue weighted by Crippen LogP contribution is -1.98. The van der Waals surface area contributed by atoms with E-state index in [1.807, 2.05) is 48.5 Å². The molecule has 0 aromatic heterocycles. The van der Waals surface area contributed by atoms with Gasteiger partial charge in [0.05, 0.1) is 13.2 Å². The molecule has 0 amide bonds. The summed E-state index contributed by atoms with van der Waals surface area (Å²) in [6, 6.07) is 14.8. The second kappa shape index (κ2) is 15.2. The van der Waals surface area contributed by atoms with Crippen LogP contribution in [0.1, 0.15) is 98.8 Å². The van der Waals surface area contributed by atoms with Gasteiger partial charge < -0.3 is 9.47 Å². The fourth-order valence-electron chi connectivity index (χ4n) is 3.57. The van der Waals surface area contributed by atoms with E-state index in [-0.39, 0.29) is 11.6 Å². The first kappa shape index (κ1) is 25.6. The van der Waals surface area contributed by atoms with Crippen molar-refractivity contribution in [3.05, 3.63) is 59.7 Å². The Morgan fingerprint density at radius 2 is 0.781 bits per heavy atom. The van der Waals surface area contributed by atoms with Gasteiger partial charge in [-0.2, -0.15) is 0 Å². The zero-order valence-corrected chi connectivity index (χ0v) is 19.7. The Labute approximate surface area is 193 Å². The zero-order chi connectivity index (χ0) is 23.0. The normalized spacial score (nSPS) is 10.7. The third-order valence-electron chi connectivity index (χ3n) is 5.60. The standard InChI is InChI=1S/C28H38O4/c1-23(29)25-13-17-27(18-14-25)31-21-11-9-7-5-3-4-6-8-10-12-22-32-28-19-15-26(16-20-28)24(2)30/h13-20H,3-12,21-22H2,1-2H3. The Kier molecular flexibility index (Phi) is 12.2. The molecule has 0 saturated heterocycles. The van der Waals surface area contributed by atoms with Crippen LogP contribution in [0, 0.1) is 0 Å². The van der Waals surface area contributed by atoms with Crippen molar-refractivity contribution in [2.24, 2.45) is 0 Å². The molecular weight excluding hydrogens is 400 g/mol. The van der Waals surface area contributed by atoms with Crippen molar-refractivity contribution in [3.8, 4) is 11.5 Å². The number of benzene rings is 2. The smallest absolute Gasteiger partial charge is 0.159 e. The number of ether oxygens (including phenoxy) is 2. The van der Waals surface area contributed by atoms with Gasteiger partial charge in [-0.3, -0.25) is 9.59 Å². The molecule has 4 heteroatoms. The number of Topliss-reactive ketones (excluding diaryl/α,β-unsaturated/α-hetero) is 2. The molecule has 0 aliphatic carbocycles. The molecule has 0 bridgehead atoms. The Bertz CT molecular complexity index is 724. The van der Waals surface area contributed by atoms with Gasteiger partial charge >= 0.3 is 0 Å². The van der Waals surface area contributed by atoms with Gasteiger partial charge in [0.1, 0.15) is 11.5 Å². The Hall–Kier alpha value is -2.62. The van der Waals surface area contributed by atoms with Crippen LogP contribution in [0.2, 0.25) is 0 Å². The largest absolute Gasteiger partial charge is 0.494 e. The van der Waals surface area contributed by atoms with Crippen LogP contribution in [0.15, 0.2) is 48.5 Å². The molecule has 0 spiro atoms. The first-order valence-corrected chi connectivity index (χ1v) is 12.0. The molecule has 0 heterocycles. The Morgan fingerprint density at radius 3 is 1.06 bits per heavy atom. The van der Waals surface area contributed by atoms with E-state index in [1.54, 1.807) is 13.8 Å². The number of hydrogen-bond donors (Lipinski definition) is 0. The van der Waals surface area contributed by atoms with Crippen LogP contribution in [0.5, 0.6) is 11.5 Å². The van der Waals surface area contributed by atoms with Crippen LogP contribution in [-0.2, 0) is 0 Å². The van der Waals surface area contributed by atoms with E-state index in [9.17, 15) is 9.59 Å². The number of rotatable bonds is 17. The summed E-state index contributed by atoms with van der Waals surface area (Å²) in [5.74, 6) is 1.84. The van der Waals surface area contributed by atoms with Crippen molar-refractivity contribution in [1.29, 1.82) is 0 Å². The lowest BCUT2D eigenvalue weighted by atomic mass is 10.1. The molecule has 0 N–H and O–H groups in total. The summed E-state index contributed by atoms with van der Waals surface area (Å²) in [4.78, 5) is 22.5. The molecule has 4 nitrogen and oxygen atoms in total. The molecular formula is C28H38O4. The molecule has 0 unspecified atom stereocenters. The molecule has 0 aliphatic rings. The van der Waals surface area contributed by atoms with E-state index in [0.717, 1.165) is 48.7 Å². The highest BCUT2D eigenvalue weighted by molar-refractivity contribution is 5.94. The highest BCUT2D eigenvalue weighted by atomic mass is 16.5. The molecule has 0 aliphatic heterocycles. The van der Waals surface area contributed by atoms with Gasteiger partial charge in [0.15, 0.2) is 11.6 Å². The molecule has 0 fully saturated rings. The SMILES string of the molecule is CC(=O)c1ccc(OCCCCCCCCCCCCOc2ccc(C(C)=O)cc2)cc1. The fourth-order valence-corrected chi connectivity index (χ4v) is 3.57. The van der Waals surface area contributed by atoms with Crippen LogP contribution in [-0.4, -0.2) is 24.8 Å². The summed E-state index contributed by atoms with van der Waals surface area (Å²) >= 11 is 0. The summed E-state index contributed by atoms with van der Waals surface area (Å²) in [7, 11) is 0. The lowest BCUT2D eigenvalue weighted by molar-refractivity contribution is 0.100. The van der Waals surface area contributed by atoms with Gasteiger partial charge in [0.25, 0.3) is 0 Å². The van der Waals surface area contributed by atoms with Crippen molar-refractivity contribution < 1.29 is 19.1 Å². The first-order valence-electron chi connectivity index (χ1n) is 12.0. The molecule has 0 radical (unpaired) electrons. The highest BCUT2D eigenvalue weighted by Gasteiger charge is 2.01. The van der Waals surface area contributed by atoms with Crippen molar-refractivity contribution in [3.63, 3.8) is 0 Å². The number of carbonyl (C=O) groups is 2. The van der Waals surface area contributed by atoms with E-state index in [0.29, 0.717) is 0 Å². The molecule has 0 atom stereocenters. The molecule has 174 valence electrons. The summed E-state index contributed by atoms with van der Waals surface area (Å²) in [5.41, 5.74) is 1.45. The minimum atomic E-state index is 0.0829. The quantitative estimate of drug-likeness (QED) is 0.190. The second-order valence-corrected chi connectivity index (χ2v) is 8.39. The maximum atomic E-state index is 11.3. The predicted octanol–water partition coefficient (Wildman–Crippen LogP) is 7.45. The first-order chi connectivity index (χ1) is 15.6. The van der Waals surface area contributed by atoms with Crippen molar-refractivity contribution in [1.82, 2.24) is 0 Å². The minimum Gasteiger partial charge on any atom is -0.494 e. The monoisotopic (exact) mass is 438 g/mol. The van der Waals surface area contributed by atoms with Gasteiger partial charge in [-0.1, -0.05) is 51.4 Å². The van der Waals surface area contributed by atoms with Crippen LogP contribution < -0.4 is 9.47 Å². The topological polar surface area (TPSA) is 52.6 Å². The van der Waals surface area contributed by atoms with Crippen LogP contribution in [0.25, 0.3) is 0 Å². The number of hydrogen-bond acceptors (Lipinski definition) is 4. The average molecular weight is 439 g/mol. The third kappa shape index (κ3) is 10.6. The number of unbranched alkanes of at least 4 members (excludes halogenated alkanes) is 9. The Balaban J connectivity index is 1.35. The van der Waals surface area contributed by atoms with E-state index >= 15 is 0 Å². The van der Waals surface area contributed by atoms with Crippen molar-refractivity contribution >= 4 is 11.6 Å². The summed E-state index contributed by atoms with van der Waals surface area (Å²) in [6.45, 7) is 4.63. The third-order valence-corrected chi connectivity index (χ3v) is 5.60. The average Bonchev–Trinajstić information content (AvgIpc) is 2.80. The van der Waals surface area contributed by atoms with Gasteiger partial charge in [0, 0.05) is 11.1 Å². The van der Waals surface area contributed by atoms with E-state index < -0.39 is 0 Å². The number of carbonyl (C=O) groups excluding carboxylic acids is 2. The second-order valence-electron chi connectivity index (χ2n) is 8.39. The molecule has 2 rings (SSSR count). The highest BCUT2D eigenvalue weighted by Crippen LogP contribution is 2.16. The van der Waals surface area contributed by atoms with Crippen LogP contribution >= 0.6 is 0 Å². The maximum Gasteiger partial charge on any atom is 0.159 e. The van der Waals surface area contributed by atoms with Gasteiger partial charge in [0.2, 0.25) is 0 Å². The fraction of sp³-hybridized carbons (Fsp3) is 0.500. The van der Waals surface area contributed by atoms with E-state index in [1.165, 1.54) is 51.4 Å². The van der Waals surface area contributed by atoms with Gasteiger partial charge in [-0.15, -0.1) is 0 Å². The maximum absolute atomic E-state index is 11.3. The number of ketones is 2. The molecule has 2 aromatic carbocycles. The molecule has 2 aromatic rings. The van der Waals surface area contributed by atoms with Crippen molar-refractivity contribution in [2.75, 3.05) is 13.2 Å². The minimum absolute atomic E-state index is 0.0829.